The quantitative estimate of drug-likeness (QED) is 0.318. The zero-order valence-corrected chi connectivity index (χ0v) is 19.1. The zero-order chi connectivity index (χ0) is 25.3. The van der Waals surface area contributed by atoms with E-state index in [1.165, 1.54) is 24.3 Å². The van der Waals surface area contributed by atoms with E-state index in [1.54, 1.807) is 6.92 Å². The van der Waals surface area contributed by atoms with E-state index in [0.717, 1.165) is 6.07 Å². The molecule has 1 heterocycles. The highest BCUT2D eigenvalue weighted by molar-refractivity contribution is 7.87. The third-order valence-electron chi connectivity index (χ3n) is 6.02. The van der Waals surface area contributed by atoms with E-state index >= 15 is 0 Å². The molecule has 0 spiro atoms. The van der Waals surface area contributed by atoms with Gasteiger partial charge in [-0.2, -0.15) is 21.6 Å². The van der Waals surface area contributed by atoms with E-state index in [1.807, 2.05) is 0 Å². The van der Waals surface area contributed by atoms with E-state index in [4.69, 9.17) is 11.5 Å². The number of nitrogens with zero attached hydrogens (tertiary/aromatic N) is 1. The number of allylic oxidation sites excluding steroid dienone is 6. The minimum absolute atomic E-state index is 0.0300. The zero-order valence-electron chi connectivity index (χ0n) is 18.3. The molecule has 0 aliphatic heterocycles. The topological polar surface area (TPSA) is 108 Å². The predicted octanol–water partition coefficient (Wildman–Crippen LogP) is 5.07. The molecule has 0 saturated carbocycles. The summed E-state index contributed by atoms with van der Waals surface area (Å²) in [5.74, 6) is -2.17. The maximum atomic E-state index is 14.2. The number of hydrogen-bond acceptors (Lipinski definition) is 6. The molecular weight excluding hydrogens is 481 g/mol. The van der Waals surface area contributed by atoms with Crippen LogP contribution in [0, 0.1) is 0 Å². The Labute approximate surface area is 194 Å². The van der Waals surface area contributed by atoms with Crippen molar-refractivity contribution in [1.82, 2.24) is 4.98 Å². The Kier molecular flexibility index (Phi) is 7.11. The minimum Gasteiger partial charge on any atom is -0.401 e. The van der Waals surface area contributed by atoms with Gasteiger partial charge in [0.25, 0.3) is 0 Å². The van der Waals surface area contributed by atoms with Crippen LogP contribution in [0.25, 0.3) is 0 Å². The summed E-state index contributed by atoms with van der Waals surface area (Å²) in [6.07, 6.45) is 4.76. The number of alkyl halides is 3. The van der Waals surface area contributed by atoms with Gasteiger partial charge in [0.15, 0.2) is 0 Å². The van der Waals surface area contributed by atoms with Crippen LogP contribution in [0.15, 0.2) is 64.5 Å². The molecule has 0 aromatic carbocycles. The molecule has 0 bridgehead atoms. The first-order valence-corrected chi connectivity index (χ1v) is 11.9. The van der Waals surface area contributed by atoms with Crippen molar-refractivity contribution < 1.29 is 34.6 Å². The first-order chi connectivity index (χ1) is 15.8. The summed E-state index contributed by atoms with van der Waals surface area (Å²) in [5, 5.41) is 0. The van der Waals surface area contributed by atoms with E-state index in [-0.39, 0.29) is 35.5 Å². The van der Waals surface area contributed by atoms with Crippen molar-refractivity contribution in [2.24, 2.45) is 11.5 Å². The summed E-state index contributed by atoms with van der Waals surface area (Å²) in [6, 6.07) is 3.81. The Hall–Kier alpha value is -2.89. The normalized spacial score (nSPS) is 22.6. The molecule has 186 valence electrons. The summed E-state index contributed by atoms with van der Waals surface area (Å²) >= 11 is 0. The van der Waals surface area contributed by atoms with Crippen molar-refractivity contribution in [3.05, 3.63) is 70.2 Å². The molecule has 3 rings (SSSR count). The van der Waals surface area contributed by atoms with Gasteiger partial charge in [0.2, 0.25) is 5.88 Å². The molecule has 0 saturated heterocycles. The average molecular weight is 506 g/mol. The lowest BCUT2D eigenvalue weighted by Gasteiger charge is -2.38. The Balaban J connectivity index is 2.04. The first kappa shape index (κ1) is 25.7. The molecule has 1 aromatic rings. The monoisotopic (exact) mass is 505 g/mol. The lowest BCUT2D eigenvalue weighted by molar-refractivity contribution is -0.0501. The molecule has 6 nitrogen and oxygen atoms in total. The van der Waals surface area contributed by atoms with Crippen molar-refractivity contribution in [1.29, 1.82) is 0 Å². The number of aromatic nitrogens is 1. The molecule has 2 aliphatic carbocycles. The van der Waals surface area contributed by atoms with Crippen LogP contribution in [-0.4, -0.2) is 18.9 Å². The number of rotatable bonds is 6. The third-order valence-corrected chi connectivity index (χ3v) is 6.98. The van der Waals surface area contributed by atoms with Crippen LogP contribution >= 0.6 is 0 Å². The highest BCUT2D eigenvalue weighted by Crippen LogP contribution is 2.44. The molecule has 2 aliphatic rings. The molecule has 34 heavy (non-hydrogen) atoms. The van der Waals surface area contributed by atoms with Crippen molar-refractivity contribution in [2.45, 2.75) is 56.4 Å². The molecule has 1 aromatic heterocycles. The lowest BCUT2D eigenvalue weighted by Crippen LogP contribution is -2.37. The van der Waals surface area contributed by atoms with E-state index in [2.05, 4.69) is 9.17 Å². The number of halogens is 5. The van der Waals surface area contributed by atoms with Crippen LogP contribution in [0.5, 0.6) is 5.88 Å². The summed E-state index contributed by atoms with van der Waals surface area (Å²) in [6.45, 7) is 1.79. The van der Waals surface area contributed by atoms with Crippen LogP contribution in [0.3, 0.4) is 0 Å². The highest BCUT2D eigenvalue weighted by Gasteiger charge is 2.49. The Morgan fingerprint density at radius 3 is 2.59 bits per heavy atom. The molecule has 4 N–H and O–H groups in total. The second-order valence-electron chi connectivity index (χ2n) is 8.04. The molecule has 0 unspecified atom stereocenters. The predicted molar refractivity (Wildman–Crippen MR) is 116 cm³/mol. The number of hydrogen-bond donors (Lipinski definition) is 2. The van der Waals surface area contributed by atoms with Gasteiger partial charge in [-0.05, 0) is 55.9 Å². The van der Waals surface area contributed by atoms with Gasteiger partial charge in [0.1, 0.15) is 11.7 Å². The Morgan fingerprint density at radius 2 is 1.97 bits per heavy atom. The van der Waals surface area contributed by atoms with Crippen LogP contribution in [0.4, 0.5) is 22.0 Å². The molecule has 0 fully saturated rings. The fraction of sp³-hybridized carbons (Fsp3) is 0.409. The van der Waals surface area contributed by atoms with Gasteiger partial charge in [-0.3, -0.25) is 0 Å². The van der Waals surface area contributed by atoms with E-state index in [9.17, 15) is 30.4 Å². The van der Waals surface area contributed by atoms with Gasteiger partial charge < -0.3 is 15.7 Å². The lowest BCUT2D eigenvalue weighted by atomic mass is 9.69. The largest absolute Gasteiger partial charge is 0.534 e. The fourth-order valence-electron chi connectivity index (χ4n) is 4.25. The summed E-state index contributed by atoms with van der Waals surface area (Å²) in [7, 11) is -5.90. The van der Waals surface area contributed by atoms with Gasteiger partial charge >= 0.3 is 15.6 Å². The number of pyridine rings is 1. The molecular formula is C22H24F5N3O3S. The third kappa shape index (κ3) is 4.82. The number of nitrogens with two attached hydrogens (primary N) is 2. The minimum atomic E-state index is -5.90. The molecule has 1 atom stereocenters. The standard InChI is InChI=1S/C22H24F5N3O3S/c1-2-21(17-9-4-10-18(30-17)33-34(31,32)22(25,26)27)11-5-6-13(20(21)29)12-16(28)19-14(23)7-3-8-15(19)24/h4,7,9-10,12H,2-3,5-6,8,11,28-29H2,1H3/b16-12-/t21-/m1/s1. The van der Waals surface area contributed by atoms with Crippen LogP contribution in [-0.2, 0) is 15.5 Å². The second kappa shape index (κ2) is 9.40. The Morgan fingerprint density at radius 1 is 1.26 bits per heavy atom. The maximum absolute atomic E-state index is 14.2. The fourth-order valence-corrected chi connectivity index (χ4v) is 4.66. The van der Waals surface area contributed by atoms with E-state index < -0.39 is 38.6 Å². The summed E-state index contributed by atoms with van der Waals surface area (Å²) < 4.78 is 93.5. The average Bonchev–Trinajstić information content (AvgIpc) is 2.74. The molecule has 0 amide bonds. The highest BCUT2D eigenvalue weighted by atomic mass is 32.2. The molecule has 0 radical (unpaired) electrons. The second-order valence-corrected chi connectivity index (χ2v) is 9.58. The smallest absolute Gasteiger partial charge is 0.401 e. The van der Waals surface area contributed by atoms with Gasteiger partial charge in [-0.25, -0.2) is 13.8 Å². The van der Waals surface area contributed by atoms with Crippen LogP contribution in [0.2, 0.25) is 0 Å². The SMILES string of the molecule is CC[C@]1(c2cccc(OS(=O)(=O)C(F)(F)F)n2)CCCC(/C=C(\N)C2=C(F)CCC=C2F)=C1N. The van der Waals surface area contributed by atoms with Crippen LogP contribution in [0.1, 0.15) is 51.1 Å². The van der Waals surface area contributed by atoms with Crippen molar-refractivity contribution in [2.75, 3.05) is 0 Å². The summed E-state index contributed by atoms with van der Waals surface area (Å²) in [4.78, 5) is 4.01. The van der Waals surface area contributed by atoms with Gasteiger partial charge in [0, 0.05) is 23.9 Å². The maximum Gasteiger partial charge on any atom is 0.534 e. The first-order valence-electron chi connectivity index (χ1n) is 10.5. The van der Waals surface area contributed by atoms with Gasteiger partial charge in [0.05, 0.1) is 16.7 Å². The van der Waals surface area contributed by atoms with Crippen molar-refractivity contribution in [3.8, 4) is 5.88 Å². The van der Waals surface area contributed by atoms with Crippen molar-refractivity contribution in [3.63, 3.8) is 0 Å². The van der Waals surface area contributed by atoms with Crippen molar-refractivity contribution >= 4 is 10.1 Å². The van der Waals surface area contributed by atoms with Gasteiger partial charge in [-0.15, -0.1) is 0 Å². The van der Waals surface area contributed by atoms with E-state index in [0.29, 0.717) is 31.3 Å². The summed E-state index contributed by atoms with van der Waals surface area (Å²) in [5.41, 5.74) is 6.47. The Bertz CT molecular complexity index is 1200. The molecule has 12 heteroatoms. The van der Waals surface area contributed by atoms with Gasteiger partial charge in [-0.1, -0.05) is 13.0 Å². The van der Waals surface area contributed by atoms with Crippen LogP contribution < -0.4 is 15.7 Å².